The molecule has 0 bridgehead atoms. The van der Waals surface area contributed by atoms with Crippen LogP contribution in [-0.2, 0) is 14.9 Å². The molecular formula is C27H47NO5S. The summed E-state index contributed by atoms with van der Waals surface area (Å²) in [5, 5.41) is 13.0. The normalized spacial score (nSPS) is 43.8. The van der Waals surface area contributed by atoms with E-state index in [1.165, 1.54) is 44.9 Å². The van der Waals surface area contributed by atoms with Crippen LogP contribution >= 0.6 is 0 Å². The van der Waals surface area contributed by atoms with Crippen molar-refractivity contribution >= 4 is 16.0 Å². The van der Waals surface area contributed by atoms with Crippen LogP contribution in [0.5, 0.6) is 0 Å². The molecule has 0 spiro atoms. The van der Waals surface area contributed by atoms with Crippen molar-refractivity contribution in [3.8, 4) is 0 Å². The fourth-order valence-electron chi connectivity index (χ4n) is 9.48. The molecule has 4 aliphatic carbocycles. The first-order chi connectivity index (χ1) is 15.8. The Kier molecular flexibility index (Phi) is 7.50. The molecule has 4 aliphatic rings. The van der Waals surface area contributed by atoms with Crippen LogP contribution in [0.2, 0.25) is 0 Å². The molecule has 6 nitrogen and oxygen atoms in total. The van der Waals surface area contributed by atoms with Gasteiger partial charge in [-0.15, -0.1) is 0 Å². The molecule has 34 heavy (non-hydrogen) atoms. The van der Waals surface area contributed by atoms with Crippen molar-refractivity contribution in [2.24, 2.45) is 46.3 Å². The lowest BCUT2D eigenvalue weighted by Gasteiger charge is -2.61. The van der Waals surface area contributed by atoms with E-state index in [1.54, 1.807) is 6.92 Å². The molecule has 4 rings (SSSR count). The van der Waals surface area contributed by atoms with E-state index in [2.05, 4.69) is 26.1 Å². The first-order valence-electron chi connectivity index (χ1n) is 13.8. The van der Waals surface area contributed by atoms with Gasteiger partial charge in [0.05, 0.1) is 11.9 Å². The summed E-state index contributed by atoms with van der Waals surface area (Å²) in [6.07, 6.45) is 12.1. The zero-order valence-electron chi connectivity index (χ0n) is 21.6. The van der Waals surface area contributed by atoms with E-state index in [0.717, 1.165) is 37.0 Å². The number of hydrogen-bond donors (Lipinski definition) is 3. The van der Waals surface area contributed by atoms with E-state index in [1.807, 2.05) is 0 Å². The lowest BCUT2D eigenvalue weighted by atomic mass is 9.44. The number of nitrogens with one attached hydrogen (secondary N) is 1. The SMILES string of the molecule is CC(CS(=O)(=O)O)NC(=O)CCC(C)C1CCC2C3CCC4CC(O)CCC4(C)C3CCC12C. The van der Waals surface area contributed by atoms with Gasteiger partial charge in [-0.2, -0.15) is 8.42 Å². The second-order valence-corrected chi connectivity index (χ2v) is 14.5. The van der Waals surface area contributed by atoms with E-state index >= 15 is 0 Å². The van der Waals surface area contributed by atoms with Crippen molar-refractivity contribution < 1.29 is 22.9 Å². The second kappa shape index (κ2) is 9.66. The van der Waals surface area contributed by atoms with E-state index in [4.69, 9.17) is 4.55 Å². The van der Waals surface area contributed by atoms with Gasteiger partial charge < -0.3 is 10.4 Å². The maximum atomic E-state index is 12.4. The van der Waals surface area contributed by atoms with Crippen LogP contribution in [0, 0.1) is 46.3 Å². The van der Waals surface area contributed by atoms with Gasteiger partial charge in [0, 0.05) is 12.5 Å². The van der Waals surface area contributed by atoms with Gasteiger partial charge in [0.1, 0.15) is 0 Å². The zero-order chi connectivity index (χ0) is 24.9. The van der Waals surface area contributed by atoms with E-state index in [9.17, 15) is 18.3 Å². The molecule has 1 amide bonds. The Morgan fingerprint density at radius 3 is 2.38 bits per heavy atom. The average Bonchev–Trinajstić information content (AvgIpc) is 3.08. The zero-order valence-corrected chi connectivity index (χ0v) is 22.4. The molecule has 10 atom stereocenters. The molecule has 0 heterocycles. The number of aliphatic hydroxyl groups is 1. The van der Waals surface area contributed by atoms with E-state index in [-0.39, 0.29) is 12.0 Å². The van der Waals surface area contributed by atoms with Gasteiger partial charge in [-0.05, 0) is 117 Å². The van der Waals surface area contributed by atoms with Crippen molar-refractivity contribution in [1.29, 1.82) is 0 Å². The molecule has 3 N–H and O–H groups in total. The minimum absolute atomic E-state index is 0.0894. The van der Waals surface area contributed by atoms with Crippen LogP contribution < -0.4 is 5.32 Å². The van der Waals surface area contributed by atoms with Gasteiger partial charge in [0.2, 0.25) is 5.91 Å². The Hall–Kier alpha value is -0.660. The van der Waals surface area contributed by atoms with Gasteiger partial charge in [-0.3, -0.25) is 9.35 Å². The minimum atomic E-state index is -4.09. The summed E-state index contributed by atoms with van der Waals surface area (Å²) < 4.78 is 31.1. The number of rotatable bonds is 7. The maximum absolute atomic E-state index is 12.4. The highest BCUT2D eigenvalue weighted by atomic mass is 32.2. The number of hydrogen-bond acceptors (Lipinski definition) is 4. The molecule has 196 valence electrons. The summed E-state index contributed by atoms with van der Waals surface area (Å²) in [5.74, 6) is 3.63. The maximum Gasteiger partial charge on any atom is 0.266 e. The number of aliphatic hydroxyl groups excluding tert-OH is 1. The first-order valence-corrected chi connectivity index (χ1v) is 15.4. The third kappa shape index (κ3) is 5.08. The van der Waals surface area contributed by atoms with Crippen LogP contribution in [-0.4, -0.2) is 41.9 Å². The Labute approximate surface area is 206 Å². The quantitative estimate of drug-likeness (QED) is 0.438. The lowest BCUT2D eigenvalue weighted by Crippen LogP contribution is -2.54. The highest BCUT2D eigenvalue weighted by Gasteiger charge is 2.60. The monoisotopic (exact) mass is 497 g/mol. The van der Waals surface area contributed by atoms with Crippen LogP contribution in [0.4, 0.5) is 0 Å². The highest BCUT2D eigenvalue weighted by Crippen LogP contribution is 2.68. The Bertz CT molecular complexity index is 861. The summed E-state index contributed by atoms with van der Waals surface area (Å²) >= 11 is 0. The molecule has 0 aromatic rings. The Morgan fingerprint density at radius 2 is 1.68 bits per heavy atom. The second-order valence-electron chi connectivity index (χ2n) is 13.0. The first kappa shape index (κ1) is 26.4. The molecule has 0 radical (unpaired) electrons. The van der Waals surface area contributed by atoms with Crippen LogP contribution in [0.25, 0.3) is 0 Å². The average molecular weight is 498 g/mol. The molecule has 4 fully saturated rings. The number of fused-ring (bicyclic) bond motifs is 5. The van der Waals surface area contributed by atoms with Crippen LogP contribution in [0.15, 0.2) is 0 Å². The number of carbonyl (C=O) groups excluding carboxylic acids is 1. The summed E-state index contributed by atoms with van der Waals surface area (Å²) in [6.45, 7) is 8.99. The molecule has 4 saturated carbocycles. The van der Waals surface area contributed by atoms with E-state index < -0.39 is 21.9 Å². The molecular weight excluding hydrogens is 450 g/mol. The standard InChI is InChI=1S/C27H47NO5S/c1-17(5-10-25(30)28-18(2)16-34(31,32)33)22-8-9-23-21-7-6-19-15-20(29)11-13-26(19,3)24(21)12-14-27(22,23)4/h17-24,29H,5-16H2,1-4H3,(H,28,30)(H,31,32,33). The lowest BCUT2D eigenvalue weighted by molar-refractivity contribution is -0.130. The third-order valence-electron chi connectivity index (χ3n) is 11.1. The fraction of sp³-hybridized carbons (Fsp3) is 0.963. The smallest absolute Gasteiger partial charge is 0.266 e. The Morgan fingerprint density at radius 1 is 1.00 bits per heavy atom. The largest absolute Gasteiger partial charge is 0.393 e. The molecule has 7 heteroatoms. The topological polar surface area (TPSA) is 104 Å². The van der Waals surface area contributed by atoms with Crippen molar-refractivity contribution in [3.05, 3.63) is 0 Å². The third-order valence-corrected chi connectivity index (χ3v) is 12.0. The summed E-state index contributed by atoms with van der Waals surface area (Å²) in [5.41, 5.74) is 0.761. The highest BCUT2D eigenvalue weighted by molar-refractivity contribution is 7.85. The van der Waals surface area contributed by atoms with Gasteiger partial charge >= 0.3 is 0 Å². The minimum Gasteiger partial charge on any atom is -0.393 e. The predicted octanol–water partition coefficient (Wildman–Crippen LogP) is 4.82. The summed E-state index contributed by atoms with van der Waals surface area (Å²) in [4.78, 5) is 12.4. The fourth-order valence-corrected chi connectivity index (χ4v) is 10.2. The van der Waals surface area contributed by atoms with E-state index in [0.29, 0.717) is 35.0 Å². The molecule has 0 aromatic carbocycles. The summed E-state index contributed by atoms with van der Waals surface area (Å²) in [7, 11) is -4.09. The molecule has 0 saturated heterocycles. The molecule has 0 aromatic heterocycles. The van der Waals surface area contributed by atoms with Crippen molar-refractivity contribution in [2.45, 2.75) is 110 Å². The number of carbonyl (C=O) groups is 1. The van der Waals surface area contributed by atoms with Gasteiger partial charge in [0.25, 0.3) is 10.1 Å². The summed E-state index contributed by atoms with van der Waals surface area (Å²) in [6, 6.07) is -0.584. The Balaban J connectivity index is 1.36. The molecule has 10 unspecified atom stereocenters. The van der Waals surface area contributed by atoms with Crippen molar-refractivity contribution in [1.82, 2.24) is 5.32 Å². The van der Waals surface area contributed by atoms with Crippen LogP contribution in [0.3, 0.4) is 0 Å². The van der Waals surface area contributed by atoms with Gasteiger partial charge in [-0.1, -0.05) is 20.8 Å². The number of amides is 1. The predicted molar refractivity (Wildman–Crippen MR) is 134 cm³/mol. The van der Waals surface area contributed by atoms with Gasteiger partial charge in [-0.25, -0.2) is 0 Å². The van der Waals surface area contributed by atoms with Crippen molar-refractivity contribution in [3.63, 3.8) is 0 Å². The molecule has 0 aliphatic heterocycles. The van der Waals surface area contributed by atoms with Crippen LogP contribution in [0.1, 0.15) is 98.3 Å². The van der Waals surface area contributed by atoms with Gasteiger partial charge in [0.15, 0.2) is 0 Å². The van der Waals surface area contributed by atoms with Crippen molar-refractivity contribution in [2.75, 3.05) is 5.75 Å².